The molecule has 1 aliphatic carbocycles. The van der Waals surface area contributed by atoms with Gasteiger partial charge in [0, 0.05) is 13.1 Å². The third-order valence-electron chi connectivity index (χ3n) is 3.75. The van der Waals surface area contributed by atoms with Gasteiger partial charge in [-0.25, -0.2) is 0 Å². The van der Waals surface area contributed by atoms with Crippen LogP contribution in [0.5, 0.6) is 0 Å². The highest BCUT2D eigenvalue weighted by atomic mass is 16.1. The maximum atomic E-state index is 11.7. The highest BCUT2D eigenvalue weighted by Gasteiger charge is 2.37. The van der Waals surface area contributed by atoms with Crippen LogP contribution in [0.15, 0.2) is 0 Å². The molecular formula is C11H20N2O. The van der Waals surface area contributed by atoms with Crippen LogP contribution in [0.25, 0.3) is 0 Å². The number of rotatable bonds is 1. The van der Waals surface area contributed by atoms with E-state index < -0.39 is 0 Å². The van der Waals surface area contributed by atoms with Crippen molar-refractivity contribution in [2.24, 2.45) is 11.8 Å². The highest BCUT2D eigenvalue weighted by Crippen LogP contribution is 2.34. The first-order valence-corrected chi connectivity index (χ1v) is 5.78. The lowest BCUT2D eigenvalue weighted by atomic mass is 9.73. The van der Waals surface area contributed by atoms with Gasteiger partial charge < -0.3 is 10.6 Å². The zero-order valence-electron chi connectivity index (χ0n) is 8.88. The Hall–Kier alpha value is -0.570. The van der Waals surface area contributed by atoms with E-state index in [2.05, 4.69) is 10.6 Å². The molecule has 0 bridgehead atoms. The van der Waals surface area contributed by atoms with E-state index in [9.17, 15) is 4.79 Å². The van der Waals surface area contributed by atoms with Crippen LogP contribution in [0.4, 0.5) is 0 Å². The number of piperidine rings is 1. The van der Waals surface area contributed by atoms with Crippen molar-refractivity contribution in [2.75, 3.05) is 13.6 Å². The lowest BCUT2D eigenvalue weighted by Gasteiger charge is -2.41. The van der Waals surface area contributed by atoms with E-state index in [4.69, 9.17) is 0 Å². The molecule has 0 aromatic carbocycles. The lowest BCUT2D eigenvalue weighted by molar-refractivity contribution is -0.127. The Morgan fingerprint density at radius 3 is 2.86 bits per heavy atom. The first kappa shape index (κ1) is 9.97. The molecular weight excluding hydrogens is 176 g/mol. The average Bonchev–Trinajstić information content (AvgIpc) is 2.27. The lowest BCUT2D eigenvalue weighted by Crippen LogP contribution is -2.52. The molecule has 3 unspecified atom stereocenters. The molecule has 1 heterocycles. The molecule has 0 aromatic heterocycles. The molecule has 0 aromatic rings. The molecule has 80 valence electrons. The largest absolute Gasteiger partial charge is 0.359 e. The fourth-order valence-electron chi connectivity index (χ4n) is 3.03. The van der Waals surface area contributed by atoms with Crippen LogP contribution < -0.4 is 10.6 Å². The number of carbonyl (C=O) groups is 1. The zero-order chi connectivity index (χ0) is 9.97. The standard InChI is InChI=1S/C11H20N2O/c1-12-11(14)9-6-2-4-8-5-3-7-13-10(8)9/h8-10,13H,2-7H2,1H3,(H,12,14). The van der Waals surface area contributed by atoms with Crippen LogP contribution in [0.2, 0.25) is 0 Å². The quantitative estimate of drug-likeness (QED) is 0.654. The number of hydrogen-bond donors (Lipinski definition) is 2. The maximum absolute atomic E-state index is 11.7. The summed E-state index contributed by atoms with van der Waals surface area (Å²) in [6.07, 6.45) is 6.19. The zero-order valence-corrected chi connectivity index (χ0v) is 8.88. The van der Waals surface area contributed by atoms with Gasteiger partial charge in [-0.05, 0) is 38.1 Å². The van der Waals surface area contributed by atoms with Gasteiger partial charge in [0.2, 0.25) is 5.91 Å². The summed E-state index contributed by atoms with van der Waals surface area (Å²) in [6, 6.07) is 0.456. The third kappa shape index (κ3) is 1.78. The van der Waals surface area contributed by atoms with Gasteiger partial charge in [-0.15, -0.1) is 0 Å². The van der Waals surface area contributed by atoms with E-state index in [0.717, 1.165) is 18.9 Å². The Labute approximate surface area is 85.6 Å². The van der Waals surface area contributed by atoms with Crippen LogP contribution in [-0.2, 0) is 4.79 Å². The van der Waals surface area contributed by atoms with E-state index in [1.807, 2.05) is 0 Å². The Bertz CT molecular complexity index is 215. The van der Waals surface area contributed by atoms with Crippen molar-refractivity contribution >= 4 is 5.91 Å². The second-order valence-electron chi connectivity index (χ2n) is 4.53. The average molecular weight is 196 g/mol. The Kier molecular flexibility index (Phi) is 3.06. The topological polar surface area (TPSA) is 41.1 Å². The smallest absolute Gasteiger partial charge is 0.224 e. The fourth-order valence-corrected chi connectivity index (χ4v) is 3.03. The number of nitrogens with one attached hydrogen (secondary N) is 2. The predicted molar refractivity (Wildman–Crippen MR) is 55.9 cm³/mol. The maximum Gasteiger partial charge on any atom is 0.224 e. The van der Waals surface area contributed by atoms with Crippen LogP contribution in [0, 0.1) is 11.8 Å². The molecule has 1 amide bonds. The molecule has 3 atom stereocenters. The molecule has 2 rings (SSSR count). The minimum absolute atomic E-state index is 0.221. The normalized spacial score (nSPS) is 37.4. The van der Waals surface area contributed by atoms with Crippen molar-refractivity contribution in [2.45, 2.75) is 38.1 Å². The fraction of sp³-hybridized carbons (Fsp3) is 0.909. The van der Waals surface area contributed by atoms with Gasteiger partial charge >= 0.3 is 0 Å². The van der Waals surface area contributed by atoms with E-state index in [1.165, 1.54) is 25.7 Å². The Morgan fingerprint density at radius 1 is 1.29 bits per heavy atom. The summed E-state index contributed by atoms with van der Waals surface area (Å²) in [7, 11) is 1.74. The molecule has 3 nitrogen and oxygen atoms in total. The predicted octanol–water partition coefficient (Wildman–Crippen LogP) is 0.901. The van der Waals surface area contributed by atoms with Gasteiger partial charge in [0.15, 0.2) is 0 Å². The molecule has 2 N–H and O–H groups in total. The van der Waals surface area contributed by atoms with Crippen LogP contribution >= 0.6 is 0 Å². The van der Waals surface area contributed by atoms with E-state index in [1.54, 1.807) is 7.05 Å². The Morgan fingerprint density at radius 2 is 2.07 bits per heavy atom. The van der Waals surface area contributed by atoms with Gasteiger partial charge in [0.1, 0.15) is 0 Å². The van der Waals surface area contributed by atoms with Crippen molar-refractivity contribution in [3.05, 3.63) is 0 Å². The van der Waals surface area contributed by atoms with Crippen molar-refractivity contribution in [1.29, 1.82) is 0 Å². The van der Waals surface area contributed by atoms with Crippen molar-refractivity contribution in [3.63, 3.8) is 0 Å². The van der Waals surface area contributed by atoms with Gasteiger partial charge in [-0.1, -0.05) is 6.42 Å². The summed E-state index contributed by atoms with van der Waals surface area (Å²) in [6.45, 7) is 1.09. The third-order valence-corrected chi connectivity index (χ3v) is 3.75. The SMILES string of the molecule is CNC(=O)C1CCCC2CCCNC21. The molecule has 3 heteroatoms. The number of amides is 1. The summed E-state index contributed by atoms with van der Waals surface area (Å²) >= 11 is 0. The summed E-state index contributed by atoms with van der Waals surface area (Å²) < 4.78 is 0. The van der Waals surface area contributed by atoms with Gasteiger partial charge in [-0.3, -0.25) is 4.79 Å². The van der Waals surface area contributed by atoms with Crippen molar-refractivity contribution in [3.8, 4) is 0 Å². The van der Waals surface area contributed by atoms with Crippen LogP contribution in [0.3, 0.4) is 0 Å². The minimum Gasteiger partial charge on any atom is -0.359 e. The molecule has 1 saturated heterocycles. The molecule has 0 radical (unpaired) electrons. The summed E-state index contributed by atoms with van der Waals surface area (Å²) in [5.74, 6) is 1.20. The van der Waals surface area contributed by atoms with E-state index >= 15 is 0 Å². The van der Waals surface area contributed by atoms with E-state index in [0.29, 0.717) is 6.04 Å². The number of hydrogen-bond acceptors (Lipinski definition) is 2. The first-order chi connectivity index (χ1) is 6.83. The molecule has 2 aliphatic rings. The monoisotopic (exact) mass is 196 g/mol. The summed E-state index contributed by atoms with van der Waals surface area (Å²) in [5.41, 5.74) is 0. The molecule has 2 fully saturated rings. The van der Waals surface area contributed by atoms with Gasteiger partial charge in [0.25, 0.3) is 0 Å². The van der Waals surface area contributed by atoms with Crippen molar-refractivity contribution in [1.82, 2.24) is 10.6 Å². The van der Waals surface area contributed by atoms with E-state index in [-0.39, 0.29) is 11.8 Å². The highest BCUT2D eigenvalue weighted by molar-refractivity contribution is 5.79. The van der Waals surface area contributed by atoms with Crippen LogP contribution in [-0.4, -0.2) is 25.5 Å². The van der Waals surface area contributed by atoms with Gasteiger partial charge in [-0.2, -0.15) is 0 Å². The first-order valence-electron chi connectivity index (χ1n) is 5.78. The molecule has 1 saturated carbocycles. The van der Waals surface area contributed by atoms with Crippen molar-refractivity contribution < 1.29 is 4.79 Å². The second-order valence-corrected chi connectivity index (χ2v) is 4.53. The second kappa shape index (κ2) is 4.30. The number of carbonyl (C=O) groups excluding carboxylic acids is 1. The number of fused-ring (bicyclic) bond motifs is 1. The Balaban J connectivity index is 2.04. The summed E-state index contributed by atoms with van der Waals surface area (Å²) in [4.78, 5) is 11.7. The molecule has 0 spiro atoms. The summed E-state index contributed by atoms with van der Waals surface area (Å²) in [5, 5.41) is 6.31. The molecule has 1 aliphatic heterocycles. The minimum atomic E-state index is 0.221. The van der Waals surface area contributed by atoms with Gasteiger partial charge in [0.05, 0.1) is 5.92 Å². The molecule has 14 heavy (non-hydrogen) atoms. The van der Waals surface area contributed by atoms with Crippen LogP contribution in [0.1, 0.15) is 32.1 Å².